The summed E-state index contributed by atoms with van der Waals surface area (Å²) in [4.78, 5) is 11.2. The molecule has 0 saturated carbocycles. The first-order chi connectivity index (χ1) is 7.88. The molecule has 0 saturated heterocycles. The van der Waals surface area contributed by atoms with Crippen LogP contribution in [0.5, 0.6) is 5.75 Å². The van der Waals surface area contributed by atoms with Gasteiger partial charge >= 0.3 is 0 Å². The monoisotopic (exact) mass is 229 g/mol. The van der Waals surface area contributed by atoms with E-state index in [1.54, 1.807) is 13.0 Å². The second-order valence-corrected chi connectivity index (χ2v) is 4.25. The minimum absolute atomic E-state index is 0.167. The maximum absolute atomic E-state index is 11.2. The number of carbonyl (C=O) groups excluding carboxylic acids is 1. The number of amides is 1. The molecule has 2 N–H and O–H groups in total. The molecule has 0 atom stereocenters. The van der Waals surface area contributed by atoms with Crippen LogP contribution in [0.25, 0.3) is 0 Å². The van der Waals surface area contributed by atoms with Crippen molar-refractivity contribution in [1.29, 1.82) is 0 Å². The van der Waals surface area contributed by atoms with Crippen molar-refractivity contribution in [3.8, 4) is 5.75 Å². The Morgan fingerprint density at radius 3 is 2.65 bits per heavy atom. The van der Waals surface area contributed by atoms with Gasteiger partial charge in [-0.2, -0.15) is 0 Å². The largest absolute Gasteiger partial charge is 0.507 e. The lowest BCUT2D eigenvalue weighted by Gasteiger charge is -2.17. The van der Waals surface area contributed by atoms with Crippen LogP contribution in [0.1, 0.15) is 30.9 Å². The number of carbonyl (C=O) groups is 1. The van der Waals surface area contributed by atoms with Gasteiger partial charge in [0.05, 0.1) is 0 Å². The fourth-order valence-corrected chi connectivity index (χ4v) is 1.64. The molecular weight excluding hydrogens is 213 g/mol. The van der Waals surface area contributed by atoms with E-state index in [2.05, 4.69) is 11.9 Å². The quantitative estimate of drug-likeness (QED) is 0.612. The molecule has 0 heterocycles. The summed E-state index contributed by atoms with van der Waals surface area (Å²) in [5, 5.41) is 12.6. The van der Waals surface area contributed by atoms with Gasteiger partial charge in [0.25, 0.3) is 0 Å². The third kappa shape index (κ3) is 2.70. The summed E-state index contributed by atoms with van der Waals surface area (Å²) >= 11 is 0. The van der Waals surface area contributed by atoms with Gasteiger partial charge in [-0.3, -0.25) is 4.79 Å². The lowest BCUT2D eigenvalue weighted by molar-refractivity contribution is -0.111. The standard InChI is InChI=1S/C13H16BNO2/c1-5-11(16)15-12-8(4)13(17)9(7(2)3)6-10(12)14/h5-7,17H,1H2,2-4H3,(H,15,16). The molecule has 2 radical (unpaired) electrons. The summed E-state index contributed by atoms with van der Waals surface area (Å²) in [6.07, 6.45) is 1.16. The van der Waals surface area contributed by atoms with E-state index in [1.165, 1.54) is 0 Å². The van der Waals surface area contributed by atoms with Gasteiger partial charge < -0.3 is 10.4 Å². The van der Waals surface area contributed by atoms with Crippen molar-refractivity contribution in [3.05, 3.63) is 29.8 Å². The SMILES string of the molecule is [B]c1cc(C(C)C)c(O)c(C)c1NC(=O)C=C. The first-order valence-corrected chi connectivity index (χ1v) is 5.43. The van der Waals surface area contributed by atoms with Gasteiger partial charge in [-0.15, -0.1) is 0 Å². The zero-order valence-electron chi connectivity index (χ0n) is 10.4. The predicted octanol–water partition coefficient (Wildman–Crippen LogP) is 1.74. The average Bonchev–Trinajstić information content (AvgIpc) is 2.28. The molecule has 0 aliphatic carbocycles. The van der Waals surface area contributed by atoms with Crippen molar-refractivity contribution < 1.29 is 9.90 Å². The van der Waals surface area contributed by atoms with Gasteiger partial charge in [-0.05, 0) is 24.5 Å². The molecule has 0 spiro atoms. The zero-order chi connectivity index (χ0) is 13.2. The summed E-state index contributed by atoms with van der Waals surface area (Å²) in [6.45, 7) is 9.02. The maximum Gasteiger partial charge on any atom is 0.247 e. The summed E-state index contributed by atoms with van der Waals surface area (Å²) in [6, 6.07) is 1.69. The molecule has 1 aromatic rings. The summed E-state index contributed by atoms with van der Waals surface area (Å²) in [7, 11) is 5.87. The molecule has 0 aliphatic heterocycles. The predicted molar refractivity (Wildman–Crippen MR) is 71.1 cm³/mol. The fourth-order valence-electron chi connectivity index (χ4n) is 1.64. The smallest absolute Gasteiger partial charge is 0.247 e. The van der Waals surface area contributed by atoms with Crippen molar-refractivity contribution in [2.45, 2.75) is 26.7 Å². The van der Waals surface area contributed by atoms with Crippen molar-refractivity contribution in [3.63, 3.8) is 0 Å². The normalized spacial score (nSPS) is 10.4. The Balaban J connectivity index is 3.30. The molecule has 1 amide bonds. The number of benzene rings is 1. The molecular formula is C13H16BNO2. The topological polar surface area (TPSA) is 49.3 Å². The van der Waals surface area contributed by atoms with Gasteiger partial charge in [0.15, 0.2) is 0 Å². The minimum Gasteiger partial charge on any atom is -0.507 e. The van der Waals surface area contributed by atoms with E-state index >= 15 is 0 Å². The number of phenols is 1. The van der Waals surface area contributed by atoms with Gasteiger partial charge in [0, 0.05) is 11.3 Å². The van der Waals surface area contributed by atoms with Gasteiger partial charge in [-0.25, -0.2) is 0 Å². The van der Waals surface area contributed by atoms with E-state index in [0.29, 0.717) is 16.7 Å². The minimum atomic E-state index is -0.350. The van der Waals surface area contributed by atoms with Crippen LogP contribution in [0.15, 0.2) is 18.7 Å². The Hall–Kier alpha value is -1.71. The lowest BCUT2D eigenvalue weighted by atomic mass is 9.86. The Morgan fingerprint density at radius 2 is 2.18 bits per heavy atom. The van der Waals surface area contributed by atoms with Crippen LogP contribution in [0.4, 0.5) is 5.69 Å². The molecule has 88 valence electrons. The van der Waals surface area contributed by atoms with Crippen molar-refractivity contribution in [1.82, 2.24) is 0 Å². The van der Waals surface area contributed by atoms with E-state index in [0.717, 1.165) is 11.6 Å². The van der Waals surface area contributed by atoms with Gasteiger partial charge in [-0.1, -0.05) is 32.0 Å². The number of hydrogen-bond acceptors (Lipinski definition) is 2. The Morgan fingerprint density at radius 1 is 1.59 bits per heavy atom. The molecule has 0 aromatic heterocycles. The number of nitrogens with one attached hydrogen (secondary N) is 1. The Kier molecular flexibility index (Phi) is 3.99. The molecule has 0 bridgehead atoms. The third-order valence-electron chi connectivity index (χ3n) is 2.66. The molecule has 1 rings (SSSR count). The molecule has 4 heteroatoms. The summed E-state index contributed by atoms with van der Waals surface area (Å²) < 4.78 is 0. The summed E-state index contributed by atoms with van der Waals surface area (Å²) in [5.74, 6) is -0.00906. The number of anilines is 1. The second kappa shape index (κ2) is 5.08. The van der Waals surface area contributed by atoms with Crippen LogP contribution in [-0.2, 0) is 4.79 Å². The van der Waals surface area contributed by atoms with Crippen LogP contribution < -0.4 is 10.8 Å². The van der Waals surface area contributed by atoms with Crippen LogP contribution in [0, 0.1) is 6.92 Å². The highest BCUT2D eigenvalue weighted by Crippen LogP contribution is 2.31. The van der Waals surface area contributed by atoms with Crippen molar-refractivity contribution in [2.75, 3.05) is 5.32 Å². The highest BCUT2D eigenvalue weighted by Gasteiger charge is 2.15. The van der Waals surface area contributed by atoms with Crippen molar-refractivity contribution in [2.24, 2.45) is 0 Å². The highest BCUT2D eigenvalue weighted by molar-refractivity contribution is 6.37. The number of hydrogen-bond donors (Lipinski definition) is 2. The molecule has 0 aliphatic rings. The van der Waals surface area contributed by atoms with Crippen molar-refractivity contribution >= 4 is 24.9 Å². The van der Waals surface area contributed by atoms with Gasteiger partial charge in [0.1, 0.15) is 13.6 Å². The molecule has 0 unspecified atom stereocenters. The Labute approximate surface area is 103 Å². The van der Waals surface area contributed by atoms with E-state index in [-0.39, 0.29) is 17.6 Å². The summed E-state index contributed by atoms with van der Waals surface area (Å²) in [5.41, 5.74) is 2.23. The average molecular weight is 229 g/mol. The number of rotatable bonds is 3. The fraction of sp³-hybridized carbons (Fsp3) is 0.308. The van der Waals surface area contributed by atoms with Crippen LogP contribution in [0.2, 0.25) is 0 Å². The maximum atomic E-state index is 11.2. The molecule has 1 aromatic carbocycles. The first kappa shape index (κ1) is 13.4. The first-order valence-electron chi connectivity index (χ1n) is 5.43. The highest BCUT2D eigenvalue weighted by atomic mass is 16.3. The van der Waals surface area contributed by atoms with E-state index in [9.17, 15) is 9.90 Å². The third-order valence-corrected chi connectivity index (χ3v) is 2.66. The van der Waals surface area contributed by atoms with Gasteiger partial charge in [0.2, 0.25) is 5.91 Å². The van der Waals surface area contributed by atoms with E-state index in [4.69, 9.17) is 7.85 Å². The zero-order valence-corrected chi connectivity index (χ0v) is 10.4. The molecule has 17 heavy (non-hydrogen) atoms. The van der Waals surface area contributed by atoms with Crippen LogP contribution in [-0.4, -0.2) is 18.9 Å². The molecule has 0 fully saturated rings. The van der Waals surface area contributed by atoms with E-state index in [1.807, 2.05) is 13.8 Å². The Bertz CT molecular complexity index is 467. The number of phenolic OH excluding ortho intramolecular Hbond substituents is 1. The second-order valence-electron chi connectivity index (χ2n) is 4.25. The van der Waals surface area contributed by atoms with E-state index < -0.39 is 0 Å². The molecule has 3 nitrogen and oxygen atoms in total. The lowest BCUT2D eigenvalue weighted by Crippen LogP contribution is -2.19. The number of aromatic hydroxyl groups is 1. The van der Waals surface area contributed by atoms with Crippen LogP contribution in [0.3, 0.4) is 0 Å². The van der Waals surface area contributed by atoms with Crippen LogP contribution >= 0.6 is 0 Å².